The van der Waals surface area contributed by atoms with Crippen molar-refractivity contribution in [3.05, 3.63) is 94.1 Å². The van der Waals surface area contributed by atoms with E-state index in [1.807, 2.05) is 60.7 Å². The predicted molar refractivity (Wildman–Crippen MR) is 132 cm³/mol. The predicted octanol–water partition coefficient (Wildman–Crippen LogP) is 4.80. The fourth-order valence-corrected chi connectivity index (χ4v) is 4.87. The van der Waals surface area contributed by atoms with Gasteiger partial charge in [0.15, 0.2) is 11.8 Å². The molecule has 2 aliphatic rings. The second-order valence-corrected chi connectivity index (χ2v) is 8.98. The van der Waals surface area contributed by atoms with E-state index in [-0.39, 0.29) is 24.1 Å². The van der Waals surface area contributed by atoms with Crippen LogP contribution in [0.3, 0.4) is 0 Å². The van der Waals surface area contributed by atoms with Crippen LogP contribution in [0.4, 0.5) is 10.3 Å². The van der Waals surface area contributed by atoms with Gasteiger partial charge >= 0.3 is 0 Å². The molecule has 0 spiro atoms. The summed E-state index contributed by atoms with van der Waals surface area (Å²) < 4.78 is 41.9. The summed E-state index contributed by atoms with van der Waals surface area (Å²) in [6.07, 6.45) is -2.41. The fraction of sp³-hybridized carbons (Fsp3) is 0.346. The molecule has 0 bridgehead atoms. The van der Waals surface area contributed by atoms with Gasteiger partial charge in [0.1, 0.15) is 18.3 Å². The third kappa shape index (κ3) is 4.13. The van der Waals surface area contributed by atoms with Gasteiger partial charge < -0.3 is 18.9 Å². The van der Waals surface area contributed by atoms with Crippen LogP contribution in [0.2, 0.25) is 0 Å². The maximum Gasteiger partial charge on any atom is 0.261 e. The first kappa shape index (κ1) is 24.3. The highest BCUT2D eigenvalue weighted by molar-refractivity contribution is 5.52. The number of halogens is 1. The van der Waals surface area contributed by atoms with E-state index in [4.69, 9.17) is 24.5 Å². The van der Waals surface area contributed by atoms with Crippen molar-refractivity contribution >= 4 is 11.6 Å². The number of aromatic nitrogens is 4. The van der Waals surface area contributed by atoms with Crippen molar-refractivity contribution in [3.63, 3.8) is 0 Å². The molecule has 1 saturated carbocycles. The van der Waals surface area contributed by atoms with E-state index in [9.17, 15) is 0 Å². The molecule has 3 heterocycles. The zero-order valence-corrected chi connectivity index (χ0v) is 20.4. The van der Waals surface area contributed by atoms with Gasteiger partial charge in [0.05, 0.1) is 31.7 Å². The highest BCUT2D eigenvalue weighted by atomic mass is 19.1. The van der Waals surface area contributed by atoms with Gasteiger partial charge in [-0.3, -0.25) is 0 Å². The summed E-state index contributed by atoms with van der Waals surface area (Å²) in [7, 11) is 0. The molecular weight excluding hydrogens is 493 g/mol. The van der Waals surface area contributed by atoms with Crippen LogP contribution < -0.4 is 4.74 Å². The number of benzene rings is 2. The Labute approximate surface area is 216 Å². The van der Waals surface area contributed by atoms with Crippen molar-refractivity contribution in [3.8, 4) is 5.88 Å². The number of alkyl halides is 1. The number of fused-ring (bicyclic) bond motifs is 2. The summed E-state index contributed by atoms with van der Waals surface area (Å²) in [6, 6.07) is 19.2. The Morgan fingerprint density at radius 2 is 1.82 bits per heavy atom. The monoisotopic (exact) mass is 517 g/mol. The van der Waals surface area contributed by atoms with Gasteiger partial charge in [-0.2, -0.15) is 4.98 Å². The van der Waals surface area contributed by atoms with E-state index in [2.05, 4.69) is 25.1 Å². The molecule has 1 saturated heterocycles. The number of rotatable bonds is 10. The molecule has 4 aromatic rings. The normalized spacial score (nSPS) is 25.6. The zero-order valence-electron chi connectivity index (χ0n) is 20.4. The van der Waals surface area contributed by atoms with Crippen molar-refractivity contribution in [1.29, 1.82) is 0 Å². The Morgan fingerprint density at radius 1 is 1.11 bits per heavy atom. The van der Waals surface area contributed by atoms with Crippen molar-refractivity contribution in [1.82, 2.24) is 19.6 Å². The van der Waals surface area contributed by atoms with Gasteiger partial charge in [-0.15, -0.1) is 5.10 Å². The van der Waals surface area contributed by atoms with E-state index in [1.165, 1.54) is 10.7 Å². The molecule has 12 heteroatoms. The summed E-state index contributed by atoms with van der Waals surface area (Å²) in [5.74, 6) is -0.0609. The molecular formula is C26H24FN7O4. The average molecular weight is 518 g/mol. The van der Waals surface area contributed by atoms with Crippen LogP contribution in [0.25, 0.3) is 16.1 Å². The van der Waals surface area contributed by atoms with E-state index in [0.717, 1.165) is 11.1 Å². The SMILES string of the molecule is CCOc1nc(N=[N+]=[N-])nn2c([C@@H]3O[C@@H]4C(OCc5ccccc5)[C@]4(OCc4ccccc4)[C@H]3F)cnc12. The number of hydrogen-bond acceptors (Lipinski definition) is 8. The second kappa shape index (κ2) is 9.99. The molecule has 2 aromatic carbocycles. The van der Waals surface area contributed by atoms with Gasteiger partial charge in [0, 0.05) is 4.91 Å². The Kier molecular flexibility index (Phi) is 6.38. The minimum atomic E-state index is -1.59. The summed E-state index contributed by atoms with van der Waals surface area (Å²) >= 11 is 0. The number of ether oxygens (including phenoxy) is 4. The molecule has 1 aliphatic heterocycles. The fourth-order valence-electron chi connectivity index (χ4n) is 4.87. The lowest BCUT2D eigenvalue weighted by atomic mass is 10.1. The van der Waals surface area contributed by atoms with Crippen molar-refractivity contribution in [2.45, 2.75) is 50.2 Å². The molecule has 0 amide bonds. The average Bonchev–Trinajstić information content (AvgIpc) is 3.18. The van der Waals surface area contributed by atoms with Gasteiger partial charge in [-0.05, 0) is 28.7 Å². The molecule has 0 radical (unpaired) electrons. The molecule has 11 nitrogen and oxygen atoms in total. The Morgan fingerprint density at radius 3 is 2.50 bits per heavy atom. The second-order valence-electron chi connectivity index (χ2n) is 8.98. The first-order valence-electron chi connectivity index (χ1n) is 12.2. The van der Waals surface area contributed by atoms with Crippen LogP contribution in [0, 0.1) is 0 Å². The van der Waals surface area contributed by atoms with Crippen molar-refractivity contribution in [2.24, 2.45) is 5.11 Å². The van der Waals surface area contributed by atoms with E-state index < -0.39 is 30.1 Å². The highest BCUT2D eigenvalue weighted by Crippen LogP contribution is 2.60. The van der Waals surface area contributed by atoms with Crippen LogP contribution in [-0.2, 0) is 27.4 Å². The first-order valence-corrected chi connectivity index (χ1v) is 12.2. The molecule has 38 heavy (non-hydrogen) atoms. The van der Waals surface area contributed by atoms with Crippen LogP contribution in [0.5, 0.6) is 5.88 Å². The largest absolute Gasteiger partial charge is 0.475 e. The lowest BCUT2D eigenvalue weighted by molar-refractivity contribution is -0.0910. The topological polar surface area (TPSA) is 129 Å². The number of azide groups is 1. The van der Waals surface area contributed by atoms with Gasteiger partial charge in [-0.25, -0.2) is 13.9 Å². The Bertz CT molecular complexity index is 1480. The zero-order chi connectivity index (χ0) is 26.1. The molecule has 1 aliphatic carbocycles. The molecule has 0 N–H and O–H groups in total. The third-order valence-electron chi connectivity index (χ3n) is 6.70. The lowest BCUT2D eigenvalue weighted by Gasteiger charge is -2.24. The van der Waals surface area contributed by atoms with Crippen LogP contribution in [-0.4, -0.2) is 50.2 Å². The van der Waals surface area contributed by atoms with E-state index in [1.54, 1.807) is 6.92 Å². The van der Waals surface area contributed by atoms with E-state index in [0.29, 0.717) is 18.9 Å². The lowest BCUT2D eigenvalue weighted by Crippen LogP contribution is -2.35. The summed E-state index contributed by atoms with van der Waals surface area (Å²) in [5, 5.41) is 7.70. The molecule has 6 rings (SSSR count). The maximum absolute atomic E-state index is 16.4. The van der Waals surface area contributed by atoms with Crippen LogP contribution in [0.15, 0.2) is 72.0 Å². The summed E-state index contributed by atoms with van der Waals surface area (Å²) in [5.41, 5.74) is 10.0. The molecule has 2 fully saturated rings. The first-order chi connectivity index (χ1) is 18.7. The quantitative estimate of drug-likeness (QED) is 0.168. The van der Waals surface area contributed by atoms with Gasteiger partial charge in [0.25, 0.3) is 5.88 Å². The molecule has 5 atom stereocenters. The third-order valence-corrected chi connectivity index (χ3v) is 6.70. The van der Waals surface area contributed by atoms with Crippen molar-refractivity contribution in [2.75, 3.05) is 6.61 Å². The molecule has 2 aromatic heterocycles. The maximum atomic E-state index is 16.4. The molecule has 194 valence electrons. The smallest absolute Gasteiger partial charge is 0.261 e. The Hall–Kier alpha value is -4.09. The van der Waals surface area contributed by atoms with Crippen LogP contribution in [0.1, 0.15) is 29.8 Å². The minimum Gasteiger partial charge on any atom is -0.475 e. The number of nitrogens with zero attached hydrogens (tertiary/aromatic N) is 7. The minimum absolute atomic E-state index is 0.119. The van der Waals surface area contributed by atoms with E-state index >= 15 is 4.39 Å². The Balaban J connectivity index is 1.30. The number of hydrogen-bond donors (Lipinski definition) is 0. The van der Waals surface area contributed by atoms with Crippen molar-refractivity contribution < 1.29 is 23.3 Å². The number of imidazole rings is 1. The van der Waals surface area contributed by atoms with Crippen LogP contribution >= 0.6 is 0 Å². The van der Waals surface area contributed by atoms with Gasteiger partial charge in [-0.1, -0.05) is 60.7 Å². The molecule has 1 unspecified atom stereocenters. The van der Waals surface area contributed by atoms with Gasteiger partial charge in [0.2, 0.25) is 11.6 Å². The summed E-state index contributed by atoms with van der Waals surface area (Å²) in [4.78, 5) is 11.2. The summed E-state index contributed by atoms with van der Waals surface area (Å²) in [6.45, 7) is 2.58. The standard InChI is InChI=1S/C26H24FN7O4/c1-2-35-24-23-29-13-18(34(23)32-25(30-24)31-33-28)19-20(27)26(37-15-17-11-7-4-8-12-17)21(22(26)38-19)36-14-16-9-5-3-6-10-16/h3-13,19-22H,2,14-15H2,1H3/t19-,20-,21?,22+,26+/m0/s1. The highest BCUT2D eigenvalue weighted by Gasteiger charge is 2.80.